The van der Waals surface area contributed by atoms with Crippen LogP contribution in [0.15, 0.2) is 22.4 Å². The number of rotatable bonds is 5. The molecule has 1 atom stereocenters. The Labute approximate surface area is 130 Å². The molecule has 0 radical (unpaired) electrons. The van der Waals surface area contributed by atoms with E-state index in [4.69, 9.17) is 12.2 Å². The number of thioether (sulfide) groups is 1. The Morgan fingerprint density at radius 1 is 1.60 bits per heavy atom. The molecule has 7 heteroatoms. The van der Waals surface area contributed by atoms with Gasteiger partial charge < -0.3 is 9.90 Å². The monoisotopic (exact) mass is 326 g/mol. The van der Waals surface area contributed by atoms with Crippen molar-refractivity contribution in [1.29, 1.82) is 0 Å². The largest absolute Gasteiger partial charge is 0.548 e. The van der Waals surface area contributed by atoms with Crippen LogP contribution in [0, 0.1) is 0 Å². The topological polar surface area (TPSA) is 60.4 Å². The number of hydrogen-bond acceptors (Lipinski definition) is 6. The number of aliphatic carboxylic acids is 1. The average molecular weight is 326 g/mol. The van der Waals surface area contributed by atoms with Gasteiger partial charge in [-0.1, -0.05) is 43.4 Å². The summed E-state index contributed by atoms with van der Waals surface area (Å²) >= 11 is 7.78. The lowest BCUT2D eigenvalue weighted by Gasteiger charge is -2.27. The molecule has 2 rings (SSSR count). The second-order valence-electron chi connectivity index (χ2n) is 4.19. The number of carbonyl (C=O) groups excluding carboxylic acids is 2. The van der Waals surface area contributed by atoms with Crippen LogP contribution in [0.1, 0.15) is 24.6 Å². The first-order chi connectivity index (χ1) is 9.54. The van der Waals surface area contributed by atoms with Gasteiger partial charge in [0, 0.05) is 4.88 Å². The van der Waals surface area contributed by atoms with E-state index in [1.165, 1.54) is 11.3 Å². The highest BCUT2D eigenvalue weighted by atomic mass is 32.2. The molecule has 20 heavy (non-hydrogen) atoms. The van der Waals surface area contributed by atoms with Crippen molar-refractivity contribution in [1.82, 2.24) is 4.90 Å². The van der Waals surface area contributed by atoms with Crippen molar-refractivity contribution in [2.45, 2.75) is 25.8 Å². The Morgan fingerprint density at radius 2 is 2.35 bits per heavy atom. The minimum atomic E-state index is -1.26. The molecule has 0 unspecified atom stereocenters. The molecule has 0 N–H and O–H groups in total. The van der Waals surface area contributed by atoms with E-state index in [9.17, 15) is 14.7 Å². The van der Waals surface area contributed by atoms with E-state index in [-0.39, 0.29) is 10.2 Å². The highest BCUT2D eigenvalue weighted by Gasteiger charge is 2.37. The van der Waals surface area contributed by atoms with E-state index in [1.807, 2.05) is 24.4 Å². The predicted molar refractivity (Wildman–Crippen MR) is 83.0 cm³/mol. The third-order valence-electron chi connectivity index (χ3n) is 2.79. The second-order valence-corrected chi connectivity index (χ2v) is 6.85. The molecule has 0 saturated carbocycles. The third-order valence-corrected chi connectivity index (χ3v) is 4.94. The highest BCUT2D eigenvalue weighted by Crippen LogP contribution is 2.35. The summed E-state index contributed by atoms with van der Waals surface area (Å²) in [5.41, 5.74) is 0. The molecule has 1 aromatic rings. The van der Waals surface area contributed by atoms with E-state index in [0.29, 0.717) is 17.7 Å². The van der Waals surface area contributed by atoms with Crippen molar-refractivity contribution < 1.29 is 14.7 Å². The van der Waals surface area contributed by atoms with Crippen molar-refractivity contribution in [2.75, 3.05) is 0 Å². The number of carbonyl (C=O) groups is 2. The van der Waals surface area contributed by atoms with Crippen LogP contribution in [0.5, 0.6) is 0 Å². The third kappa shape index (κ3) is 3.11. The Hall–Kier alpha value is -1.18. The van der Waals surface area contributed by atoms with Gasteiger partial charge in [0.15, 0.2) is 0 Å². The molecule has 0 spiro atoms. The van der Waals surface area contributed by atoms with Crippen molar-refractivity contribution in [3.8, 4) is 0 Å². The molecule has 2 heterocycles. The first-order valence-electron chi connectivity index (χ1n) is 6.06. The fraction of sp³-hybridized carbons (Fsp3) is 0.308. The quantitative estimate of drug-likeness (QED) is 0.611. The van der Waals surface area contributed by atoms with Crippen LogP contribution in [-0.2, 0) is 9.59 Å². The molecule has 1 aliphatic rings. The first kappa shape index (κ1) is 15.2. The summed E-state index contributed by atoms with van der Waals surface area (Å²) in [7, 11) is 0. The molecule has 0 bridgehead atoms. The summed E-state index contributed by atoms with van der Waals surface area (Å²) in [4.78, 5) is 26.1. The van der Waals surface area contributed by atoms with Crippen LogP contribution in [0.4, 0.5) is 0 Å². The Morgan fingerprint density at radius 3 is 2.90 bits per heavy atom. The van der Waals surface area contributed by atoms with Gasteiger partial charge in [-0.25, -0.2) is 0 Å². The van der Waals surface area contributed by atoms with Gasteiger partial charge in [-0.2, -0.15) is 0 Å². The maximum absolute atomic E-state index is 12.3. The number of carboxylic acids is 1. The number of thiophene rings is 1. The average Bonchev–Trinajstić information content (AvgIpc) is 2.98. The molecule has 1 aliphatic heterocycles. The van der Waals surface area contributed by atoms with E-state index in [2.05, 4.69) is 0 Å². The fourth-order valence-electron chi connectivity index (χ4n) is 1.88. The van der Waals surface area contributed by atoms with Crippen LogP contribution >= 0.6 is 35.3 Å². The van der Waals surface area contributed by atoms with Crippen LogP contribution in [0.25, 0.3) is 6.08 Å². The van der Waals surface area contributed by atoms with Crippen LogP contribution in [0.3, 0.4) is 0 Å². The van der Waals surface area contributed by atoms with E-state index in [1.54, 1.807) is 6.08 Å². The molecule has 0 aliphatic carbocycles. The molecule has 1 saturated heterocycles. The SMILES string of the molecule is CCC[C@@H](C(=O)[O-])N1C(=O)/C(=C/c2cccs2)SC1=S. The summed E-state index contributed by atoms with van der Waals surface area (Å²) in [6.07, 6.45) is 2.71. The zero-order valence-electron chi connectivity index (χ0n) is 10.7. The Bertz CT molecular complexity index is 565. The molecule has 1 amide bonds. The minimum Gasteiger partial charge on any atom is -0.548 e. The Kier molecular flexibility index (Phi) is 4.95. The highest BCUT2D eigenvalue weighted by molar-refractivity contribution is 8.26. The lowest BCUT2D eigenvalue weighted by atomic mass is 10.1. The summed E-state index contributed by atoms with van der Waals surface area (Å²) in [6, 6.07) is 2.79. The molecule has 1 fully saturated rings. The van der Waals surface area contributed by atoms with Crippen molar-refractivity contribution in [2.24, 2.45) is 0 Å². The predicted octanol–water partition coefficient (Wildman–Crippen LogP) is 1.87. The molecule has 4 nitrogen and oxygen atoms in total. The van der Waals surface area contributed by atoms with E-state index in [0.717, 1.165) is 21.5 Å². The molecule has 1 aromatic heterocycles. The van der Waals surface area contributed by atoms with Crippen molar-refractivity contribution in [3.05, 3.63) is 27.3 Å². The van der Waals surface area contributed by atoms with Gasteiger partial charge in [-0.05, 0) is 23.9 Å². The fourth-order valence-corrected chi connectivity index (χ4v) is 3.96. The standard InChI is InChI=1S/C13H13NO3S3/c1-2-4-9(12(16)17)14-11(15)10(20-13(14)18)7-8-5-3-6-19-8/h3,5-7,9H,2,4H2,1H3,(H,16,17)/p-1/b10-7-/t9-/m0/s1. The van der Waals surface area contributed by atoms with Gasteiger partial charge in [0.25, 0.3) is 5.91 Å². The molecule has 0 aromatic carbocycles. The maximum atomic E-state index is 12.3. The summed E-state index contributed by atoms with van der Waals surface area (Å²) in [5.74, 6) is -1.61. The lowest BCUT2D eigenvalue weighted by Crippen LogP contribution is -2.49. The number of thiocarbonyl (C=S) groups is 1. The lowest BCUT2D eigenvalue weighted by molar-refractivity contribution is -0.310. The van der Waals surface area contributed by atoms with E-state index >= 15 is 0 Å². The number of hydrogen-bond donors (Lipinski definition) is 0. The Balaban J connectivity index is 2.26. The zero-order chi connectivity index (χ0) is 14.7. The second kappa shape index (κ2) is 6.51. The molecule has 106 valence electrons. The summed E-state index contributed by atoms with van der Waals surface area (Å²) in [6.45, 7) is 1.86. The maximum Gasteiger partial charge on any atom is 0.266 e. The van der Waals surface area contributed by atoms with Gasteiger partial charge in [-0.3, -0.25) is 9.69 Å². The number of carboxylic acid groups (broad SMARTS) is 1. The smallest absolute Gasteiger partial charge is 0.266 e. The number of amides is 1. The zero-order valence-corrected chi connectivity index (χ0v) is 13.1. The normalized spacial score (nSPS) is 18.9. The van der Waals surface area contributed by atoms with E-state index < -0.39 is 12.0 Å². The van der Waals surface area contributed by atoms with Crippen molar-refractivity contribution in [3.63, 3.8) is 0 Å². The minimum absolute atomic E-state index is 0.278. The van der Waals surface area contributed by atoms with Gasteiger partial charge in [0.1, 0.15) is 4.32 Å². The van der Waals surface area contributed by atoms with Crippen LogP contribution in [-0.4, -0.2) is 27.1 Å². The summed E-state index contributed by atoms with van der Waals surface area (Å²) < 4.78 is 0.278. The van der Waals surface area contributed by atoms with Crippen LogP contribution in [0.2, 0.25) is 0 Å². The van der Waals surface area contributed by atoms with Gasteiger partial charge in [-0.15, -0.1) is 11.3 Å². The molecular formula is C13H12NO3S3-. The summed E-state index contributed by atoms with van der Waals surface area (Å²) in [5, 5.41) is 13.1. The molecular weight excluding hydrogens is 314 g/mol. The van der Waals surface area contributed by atoms with Gasteiger partial charge >= 0.3 is 0 Å². The first-order valence-corrected chi connectivity index (χ1v) is 8.16. The van der Waals surface area contributed by atoms with Crippen LogP contribution < -0.4 is 5.11 Å². The van der Waals surface area contributed by atoms with Gasteiger partial charge in [0.2, 0.25) is 0 Å². The van der Waals surface area contributed by atoms with Gasteiger partial charge in [0.05, 0.1) is 16.9 Å². The number of nitrogens with zero attached hydrogens (tertiary/aromatic N) is 1. The van der Waals surface area contributed by atoms with Crippen molar-refractivity contribution >= 4 is 57.6 Å².